The van der Waals surface area contributed by atoms with Crippen molar-refractivity contribution in [2.24, 2.45) is 5.14 Å². The highest BCUT2D eigenvalue weighted by Gasteiger charge is 2.06. The molecular weight excluding hydrogens is 402 g/mol. The zero-order chi connectivity index (χ0) is 21.2. The van der Waals surface area contributed by atoms with Gasteiger partial charge in [-0.3, -0.25) is 9.82 Å². The maximum absolute atomic E-state index is 11.3. The minimum absolute atomic E-state index is 0.521. The highest BCUT2D eigenvalue weighted by atomic mass is 32.2. The molecule has 2 aromatic rings. The second kappa shape index (κ2) is 10.6. The summed E-state index contributed by atoms with van der Waals surface area (Å²) in [7, 11) is -6.64. The highest BCUT2D eigenvalue weighted by Crippen LogP contribution is 2.23. The summed E-state index contributed by atoms with van der Waals surface area (Å²) in [5.41, 5.74) is 2.19. The van der Waals surface area contributed by atoms with E-state index < -0.39 is 20.0 Å². The monoisotopic (exact) mass is 427 g/mol. The SMILES string of the molecule is C/C=C/S(N)(=O)=O.C/C=C\CNc1cc(-c2cccc(NS(C)(=O)=O)c2)[nH]n1. The van der Waals surface area contributed by atoms with E-state index in [4.69, 9.17) is 0 Å². The lowest BCUT2D eigenvalue weighted by Gasteiger charge is -2.05. The zero-order valence-corrected chi connectivity index (χ0v) is 17.5. The highest BCUT2D eigenvalue weighted by molar-refractivity contribution is 7.92. The minimum Gasteiger partial charge on any atom is -0.365 e. The first kappa shape index (κ1) is 23.4. The Labute approximate surface area is 165 Å². The molecule has 5 N–H and O–H groups in total. The molecule has 0 atom stereocenters. The molecule has 0 fully saturated rings. The van der Waals surface area contributed by atoms with Crippen molar-refractivity contribution in [3.63, 3.8) is 0 Å². The molecule has 1 aromatic heterocycles. The average Bonchev–Trinajstić information content (AvgIpc) is 3.02. The normalized spacial score (nSPS) is 12.0. The lowest BCUT2D eigenvalue weighted by atomic mass is 10.1. The van der Waals surface area contributed by atoms with E-state index in [0.29, 0.717) is 12.2 Å². The van der Waals surface area contributed by atoms with Gasteiger partial charge in [-0.25, -0.2) is 22.0 Å². The summed E-state index contributed by atoms with van der Waals surface area (Å²) >= 11 is 0. The van der Waals surface area contributed by atoms with Crippen LogP contribution in [0.25, 0.3) is 11.3 Å². The number of hydrogen-bond acceptors (Lipinski definition) is 6. The van der Waals surface area contributed by atoms with Gasteiger partial charge >= 0.3 is 0 Å². The lowest BCUT2D eigenvalue weighted by molar-refractivity contribution is 0.604. The van der Waals surface area contributed by atoms with Crippen molar-refractivity contribution in [3.05, 3.63) is 54.0 Å². The summed E-state index contributed by atoms with van der Waals surface area (Å²) in [6, 6.07) is 9.01. The third-order valence-corrected chi connectivity index (χ3v) is 4.28. The van der Waals surface area contributed by atoms with Gasteiger partial charge in [0.25, 0.3) is 0 Å². The first-order valence-corrected chi connectivity index (χ1v) is 11.7. The topological polar surface area (TPSA) is 147 Å². The first-order valence-electron chi connectivity index (χ1n) is 8.18. The van der Waals surface area contributed by atoms with Gasteiger partial charge in [0.15, 0.2) is 0 Å². The number of H-pyrrole nitrogens is 1. The second-order valence-corrected chi connectivity index (χ2v) is 8.83. The van der Waals surface area contributed by atoms with Gasteiger partial charge in [-0.2, -0.15) is 5.10 Å². The van der Waals surface area contributed by atoms with Crippen molar-refractivity contribution < 1.29 is 16.8 Å². The molecule has 11 heteroatoms. The Kier molecular flexibility index (Phi) is 8.89. The number of allylic oxidation sites excluding steroid dienone is 2. The van der Waals surface area contributed by atoms with Crippen molar-refractivity contribution in [2.45, 2.75) is 13.8 Å². The van der Waals surface area contributed by atoms with Crippen molar-refractivity contribution in [1.29, 1.82) is 0 Å². The molecule has 0 bridgehead atoms. The van der Waals surface area contributed by atoms with Crippen LogP contribution in [-0.4, -0.2) is 39.8 Å². The Hall–Kier alpha value is -2.63. The Bertz CT molecular complexity index is 1030. The first-order chi connectivity index (χ1) is 13.0. The summed E-state index contributed by atoms with van der Waals surface area (Å²) in [5.74, 6) is 0.740. The Balaban J connectivity index is 0.000000480. The van der Waals surface area contributed by atoms with Gasteiger partial charge in [-0.1, -0.05) is 30.4 Å². The number of anilines is 2. The quantitative estimate of drug-likeness (QED) is 0.498. The fourth-order valence-electron chi connectivity index (χ4n) is 2.00. The number of hydrogen-bond donors (Lipinski definition) is 4. The molecule has 1 aromatic carbocycles. The maximum Gasteiger partial charge on any atom is 0.230 e. The van der Waals surface area contributed by atoms with E-state index in [1.54, 1.807) is 25.1 Å². The van der Waals surface area contributed by atoms with Crippen LogP contribution in [0, 0.1) is 0 Å². The number of sulfonamides is 2. The third kappa shape index (κ3) is 9.90. The van der Waals surface area contributed by atoms with Gasteiger partial charge in [-0.05, 0) is 26.0 Å². The third-order valence-electron chi connectivity index (χ3n) is 3.02. The van der Waals surface area contributed by atoms with Crippen LogP contribution in [0.1, 0.15) is 13.8 Å². The number of benzene rings is 1. The number of nitrogens with zero attached hydrogens (tertiary/aromatic N) is 1. The second-order valence-electron chi connectivity index (χ2n) is 5.63. The van der Waals surface area contributed by atoms with Crippen molar-refractivity contribution in [1.82, 2.24) is 10.2 Å². The molecule has 0 amide bonds. The predicted molar refractivity (Wildman–Crippen MR) is 114 cm³/mol. The van der Waals surface area contributed by atoms with E-state index in [2.05, 4.69) is 25.4 Å². The molecule has 0 aliphatic heterocycles. The van der Waals surface area contributed by atoms with Crippen LogP contribution < -0.4 is 15.2 Å². The van der Waals surface area contributed by atoms with Crippen LogP contribution in [0.2, 0.25) is 0 Å². The van der Waals surface area contributed by atoms with E-state index in [0.717, 1.165) is 28.7 Å². The fraction of sp³-hybridized carbons (Fsp3) is 0.235. The molecule has 0 aliphatic carbocycles. The standard InChI is InChI=1S/C14H18N4O2S.C3H7NO2S/c1-3-4-8-15-14-10-13(16-17-14)11-6-5-7-12(9-11)18-21(2,19)20;1-2-3-7(4,5)6/h3-7,9-10,18H,8H2,1-2H3,(H2,15,16,17);2-3H,1H3,(H2,4,5,6)/b4-3-;3-2+. The molecule has 0 unspecified atom stereocenters. The van der Waals surface area contributed by atoms with Crippen molar-refractivity contribution in [2.75, 3.05) is 22.8 Å². The van der Waals surface area contributed by atoms with E-state index in [-0.39, 0.29) is 0 Å². The van der Waals surface area contributed by atoms with Gasteiger partial charge in [0, 0.05) is 29.3 Å². The molecule has 1 heterocycles. The number of primary sulfonamides is 1. The Morgan fingerprint density at radius 1 is 1.14 bits per heavy atom. The van der Waals surface area contributed by atoms with E-state index >= 15 is 0 Å². The van der Waals surface area contributed by atoms with Gasteiger partial charge in [-0.15, -0.1) is 0 Å². The van der Waals surface area contributed by atoms with Crippen LogP contribution >= 0.6 is 0 Å². The van der Waals surface area contributed by atoms with E-state index in [1.165, 1.54) is 6.08 Å². The van der Waals surface area contributed by atoms with Crippen LogP contribution in [0.5, 0.6) is 0 Å². The van der Waals surface area contributed by atoms with Gasteiger partial charge in [0.1, 0.15) is 5.82 Å². The number of nitrogens with two attached hydrogens (primary N) is 1. The molecule has 0 spiro atoms. The zero-order valence-electron chi connectivity index (χ0n) is 15.9. The molecule has 2 rings (SSSR count). The summed E-state index contributed by atoms with van der Waals surface area (Å²) in [4.78, 5) is 0. The fourth-order valence-corrected chi connectivity index (χ4v) is 2.93. The lowest BCUT2D eigenvalue weighted by Crippen LogP contribution is -2.09. The molecule has 9 nitrogen and oxygen atoms in total. The number of aromatic amines is 1. The summed E-state index contributed by atoms with van der Waals surface area (Å²) in [5, 5.41) is 15.7. The van der Waals surface area contributed by atoms with Crippen LogP contribution in [0.15, 0.2) is 54.0 Å². The summed E-state index contributed by atoms with van der Waals surface area (Å²) in [6.07, 6.45) is 6.44. The molecule has 0 saturated carbocycles. The van der Waals surface area contributed by atoms with Crippen LogP contribution in [-0.2, 0) is 20.0 Å². The smallest absolute Gasteiger partial charge is 0.230 e. The van der Waals surface area contributed by atoms with Gasteiger partial charge in [0.05, 0.1) is 11.9 Å². The Morgan fingerprint density at radius 2 is 1.86 bits per heavy atom. The number of nitrogens with one attached hydrogen (secondary N) is 3. The molecule has 0 radical (unpaired) electrons. The van der Waals surface area contributed by atoms with Crippen LogP contribution in [0.3, 0.4) is 0 Å². The van der Waals surface area contributed by atoms with Gasteiger partial charge in [0.2, 0.25) is 20.0 Å². The molecular formula is C17H25N5O4S2. The maximum atomic E-state index is 11.3. The predicted octanol–water partition coefficient (Wildman–Crippen LogP) is 2.24. The van der Waals surface area contributed by atoms with Crippen molar-refractivity contribution in [3.8, 4) is 11.3 Å². The molecule has 0 aliphatic rings. The van der Waals surface area contributed by atoms with E-state index in [9.17, 15) is 16.8 Å². The summed E-state index contributed by atoms with van der Waals surface area (Å²) in [6.45, 7) is 4.25. The van der Waals surface area contributed by atoms with Gasteiger partial charge < -0.3 is 5.32 Å². The number of aromatic nitrogens is 2. The minimum atomic E-state index is -3.35. The molecule has 154 valence electrons. The Morgan fingerprint density at radius 3 is 2.39 bits per heavy atom. The molecule has 0 saturated heterocycles. The van der Waals surface area contributed by atoms with E-state index in [1.807, 2.05) is 31.2 Å². The van der Waals surface area contributed by atoms with Crippen molar-refractivity contribution >= 4 is 31.6 Å². The average molecular weight is 428 g/mol. The summed E-state index contributed by atoms with van der Waals surface area (Å²) < 4.78 is 44.8. The largest absolute Gasteiger partial charge is 0.365 e. The number of rotatable bonds is 7. The van der Waals surface area contributed by atoms with Crippen LogP contribution in [0.4, 0.5) is 11.5 Å². The molecule has 28 heavy (non-hydrogen) atoms.